The lowest BCUT2D eigenvalue weighted by molar-refractivity contribution is -0.247. The molecular weight excluding hydrogens is 1120 g/mol. The first-order valence-corrected chi connectivity index (χ1v) is 33.9. The van der Waals surface area contributed by atoms with Crippen molar-refractivity contribution in [2.75, 3.05) is 13.7 Å². The smallest absolute Gasteiger partial charge is 0.168 e. The lowest BCUT2D eigenvalue weighted by Crippen LogP contribution is -2.70. The fourth-order valence-corrected chi connectivity index (χ4v) is 19.9. The summed E-state index contributed by atoms with van der Waals surface area (Å²) in [6.45, 7) is 0.679. The topological polar surface area (TPSA) is 167 Å². The second-order valence-corrected chi connectivity index (χ2v) is 28.5. The highest BCUT2D eigenvalue weighted by molar-refractivity contribution is 5.89. The van der Waals surface area contributed by atoms with Crippen LogP contribution in [-0.2, 0) is 64.9 Å². The number of aryl methyl sites for hydroxylation is 2. The first-order valence-electron chi connectivity index (χ1n) is 33.9. The summed E-state index contributed by atoms with van der Waals surface area (Å²) in [6, 6.07) is 27.1. The van der Waals surface area contributed by atoms with E-state index in [-0.39, 0.29) is 77.7 Å². The van der Waals surface area contributed by atoms with Gasteiger partial charge in [0.05, 0.1) is 31.0 Å². The summed E-state index contributed by atoms with van der Waals surface area (Å²) < 4.78 is 30.8. The van der Waals surface area contributed by atoms with Crippen LogP contribution in [0.25, 0.3) is 22.7 Å². The molecule has 2 saturated heterocycles. The molecular formula is C78H83N3O9. The van der Waals surface area contributed by atoms with Gasteiger partial charge in [-0.05, 0) is 199 Å². The minimum absolute atomic E-state index is 0.00729. The van der Waals surface area contributed by atoms with Crippen molar-refractivity contribution >= 4 is 22.7 Å². The maximum atomic E-state index is 12.7. The van der Waals surface area contributed by atoms with Crippen molar-refractivity contribution in [2.45, 2.75) is 171 Å². The van der Waals surface area contributed by atoms with Gasteiger partial charge in [-0.2, -0.15) is 0 Å². The van der Waals surface area contributed by atoms with E-state index in [1.165, 1.54) is 54.4 Å². The molecule has 14 unspecified atom stereocenters. The zero-order valence-corrected chi connectivity index (χ0v) is 51.6. The number of aliphatic hydroxyl groups excluding tert-OH is 2. The molecule has 13 aliphatic rings. The maximum Gasteiger partial charge on any atom is 0.168 e. The predicted octanol–water partition coefficient (Wildman–Crippen LogP) is 12.5. The molecule has 12 nitrogen and oxygen atoms in total. The predicted molar refractivity (Wildman–Crippen MR) is 346 cm³/mol. The number of rotatable bonds is 8. The molecule has 1 spiro atoms. The molecule has 8 heterocycles. The summed E-state index contributed by atoms with van der Waals surface area (Å²) in [5.41, 5.74) is 14.8. The molecule has 4 fully saturated rings. The number of ether oxygens (including phenoxy) is 4. The van der Waals surface area contributed by atoms with Crippen LogP contribution in [0.1, 0.15) is 145 Å². The monoisotopic (exact) mass is 1210 g/mol. The van der Waals surface area contributed by atoms with Gasteiger partial charge in [0.15, 0.2) is 11.5 Å². The standard InChI is InChI=1S/C78H83N3O9/c1-87-70-28-25-62-60-23-14-44(11-12-45-15-26-65(84)52(30-45)31-46-6-4-10-59(83)32-46)13-16-47-20-27-68-71(60)76(80-75(62)79-70)81-39-53-34-58(78-57-22-17-48-7-5-8-50(72(48)78)33-51-18-21-56-9-2-3-29-77(56,74(51)78)89-43-57)35-55(64(53)40-81)42-88-73-61-24-19-49(66(85)38-69(47)90-68)36-63(61)54(41-82)37-67(73)86/h4-8,10,15,19-20,24,26-27,30,32,34-35,37,39-40,44,47,49,51,56-57,66,68-70,74-75,79-80,82-86H,2-3,9,11-13,16-18,21-22,25,28-29,31,33,36,38,41-43H2,1H3. The number of nitrogens with zero attached hydrogens (tertiary/aromatic N) is 1. The Morgan fingerprint density at radius 3 is 2.61 bits per heavy atom. The third-order valence-electron chi connectivity index (χ3n) is 24.0. The van der Waals surface area contributed by atoms with Crippen molar-refractivity contribution in [2.24, 2.45) is 41.4 Å². The van der Waals surface area contributed by atoms with E-state index in [1.54, 1.807) is 36.9 Å². The zero-order chi connectivity index (χ0) is 60.6. The third-order valence-corrected chi connectivity index (χ3v) is 24.0. The molecule has 10 bridgehead atoms. The molecule has 6 aliphatic carbocycles. The van der Waals surface area contributed by atoms with E-state index in [9.17, 15) is 25.5 Å². The Bertz CT molecular complexity index is 4090. The minimum Gasteiger partial charge on any atom is -0.508 e. The second kappa shape index (κ2) is 22.4. The number of phenols is 3. The molecule has 6 aromatic rings. The van der Waals surface area contributed by atoms with E-state index in [2.05, 4.69) is 94.1 Å². The molecule has 5 aromatic carbocycles. The van der Waals surface area contributed by atoms with Gasteiger partial charge in [-0.15, -0.1) is 0 Å². The van der Waals surface area contributed by atoms with Crippen molar-refractivity contribution in [1.82, 2.24) is 15.2 Å². The second-order valence-electron chi connectivity index (χ2n) is 28.5. The first kappa shape index (κ1) is 56.9. The number of hydrogen-bond acceptors (Lipinski definition) is 11. The van der Waals surface area contributed by atoms with Crippen LogP contribution in [0.3, 0.4) is 0 Å². The van der Waals surface area contributed by atoms with Gasteiger partial charge < -0.3 is 54.4 Å². The number of nitrogens with one attached hydrogen (secondary N) is 2. The van der Waals surface area contributed by atoms with Crippen LogP contribution in [0.2, 0.25) is 0 Å². The lowest BCUT2D eigenvalue weighted by Gasteiger charge is -2.69. The number of benzene rings is 5. The van der Waals surface area contributed by atoms with E-state index in [0.29, 0.717) is 54.2 Å². The molecule has 90 heavy (non-hydrogen) atoms. The number of hydrogen-bond donors (Lipinski definition) is 7. The quantitative estimate of drug-likeness (QED) is 0.0573. The molecule has 12 heteroatoms. The van der Waals surface area contributed by atoms with Crippen LogP contribution in [0.15, 0.2) is 126 Å². The van der Waals surface area contributed by atoms with E-state index in [4.69, 9.17) is 18.9 Å². The Labute approximate surface area is 527 Å². The van der Waals surface area contributed by atoms with Crippen LogP contribution in [0, 0.1) is 53.3 Å². The first-order chi connectivity index (χ1) is 44.0. The average molecular weight is 1210 g/mol. The summed E-state index contributed by atoms with van der Waals surface area (Å²) in [4.78, 5) is 0. The van der Waals surface area contributed by atoms with Crippen molar-refractivity contribution in [3.63, 3.8) is 0 Å². The van der Waals surface area contributed by atoms with Crippen LogP contribution < -0.4 is 15.4 Å². The zero-order valence-electron chi connectivity index (χ0n) is 51.6. The fraction of sp³-hybridized carbons (Fsp3) is 0.462. The molecule has 464 valence electrons. The third kappa shape index (κ3) is 9.21. The molecule has 2 saturated carbocycles. The number of aliphatic hydroxyl groups is 2. The molecule has 14 atom stereocenters. The number of piperidine rings is 1. The maximum absolute atomic E-state index is 12.7. The summed E-state index contributed by atoms with van der Waals surface area (Å²) in [5, 5.41) is 67.2. The van der Waals surface area contributed by atoms with Gasteiger partial charge in [-0.25, -0.2) is 0 Å². The van der Waals surface area contributed by atoms with Crippen molar-refractivity contribution in [1.29, 1.82) is 0 Å². The Hall–Kier alpha value is -7.08. The van der Waals surface area contributed by atoms with Crippen LogP contribution in [0.4, 0.5) is 0 Å². The number of phenolic OH excluding ortho intramolecular Hbond substituents is 3. The Morgan fingerprint density at radius 2 is 1.71 bits per heavy atom. The number of aromatic nitrogens is 1. The summed E-state index contributed by atoms with van der Waals surface area (Å²) >= 11 is 0. The summed E-state index contributed by atoms with van der Waals surface area (Å²) in [5.74, 6) is 11.0. The van der Waals surface area contributed by atoms with Gasteiger partial charge in [0, 0.05) is 88.9 Å². The normalized spacial score (nSPS) is 32.6. The SMILES string of the molecule is COC1CCC2=C3C#CC(CCc4ccc(O)c(Cc5cccc(O)c5)c4)CCC4C=CC5OC4CC(O)C4C=Cc6c(c(CO)cc(O)c6OCc6cc(C78c9c%10cccc9CC9CCC%11CCCCC%11(OCC7CC%10)C98)cc7cn(cc67)C(=C35)NC2N1)C4. The molecule has 0 radical (unpaired) electrons. The number of dihydropyridines is 1. The van der Waals surface area contributed by atoms with Crippen LogP contribution >= 0.6 is 0 Å². The Kier molecular flexibility index (Phi) is 14.1. The van der Waals surface area contributed by atoms with Gasteiger partial charge >= 0.3 is 0 Å². The van der Waals surface area contributed by atoms with Gasteiger partial charge in [-0.3, -0.25) is 5.32 Å². The van der Waals surface area contributed by atoms with Crippen molar-refractivity contribution < 1.29 is 44.5 Å². The highest BCUT2D eigenvalue weighted by Crippen LogP contribution is 2.69. The largest absolute Gasteiger partial charge is 0.508 e. The van der Waals surface area contributed by atoms with E-state index < -0.39 is 12.2 Å². The average Bonchev–Trinajstić information content (AvgIpc) is 0.700. The van der Waals surface area contributed by atoms with Gasteiger partial charge in [0.1, 0.15) is 42.4 Å². The lowest BCUT2D eigenvalue weighted by atomic mass is 9.39. The molecule has 0 amide bonds. The fourth-order valence-electron chi connectivity index (χ4n) is 19.9. The van der Waals surface area contributed by atoms with E-state index >= 15 is 0 Å². The van der Waals surface area contributed by atoms with Crippen molar-refractivity contribution in [3.8, 4) is 34.8 Å². The Balaban J connectivity index is 0.860. The summed E-state index contributed by atoms with van der Waals surface area (Å²) in [7, 11) is 1.77. The van der Waals surface area contributed by atoms with E-state index in [0.717, 1.165) is 132 Å². The molecule has 1 aromatic heterocycles. The van der Waals surface area contributed by atoms with Crippen molar-refractivity contribution in [3.05, 3.63) is 187 Å². The van der Waals surface area contributed by atoms with Gasteiger partial charge in [0.2, 0.25) is 0 Å². The van der Waals surface area contributed by atoms with Gasteiger partial charge in [-0.1, -0.05) is 97.5 Å². The summed E-state index contributed by atoms with van der Waals surface area (Å²) in [6.07, 6.45) is 27.8. The number of methoxy groups -OCH3 is 1. The van der Waals surface area contributed by atoms with Gasteiger partial charge in [0.25, 0.3) is 0 Å². The number of aromatic hydroxyl groups is 3. The Morgan fingerprint density at radius 1 is 0.800 bits per heavy atom. The van der Waals surface area contributed by atoms with E-state index in [1.807, 2.05) is 24.3 Å². The molecule has 7 N–H and O–H groups in total. The van der Waals surface area contributed by atoms with Crippen LogP contribution in [-0.4, -0.2) is 80.1 Å². The molecule has 19 rings (SSSR count). The van der Waals surface area contributed by atoms with Crippen LogP contribution in [0.5, 0.6) is 23.0 Å². The highest BCUT2D eigenvalue weighted by atomic mass is 16.5. The number of fused-ring (bicyclic) bond motifs is 6. The molecule has 7 aliphatic heterocycles. The highest BCUT2D eigenvalue weighted by Gasteiger charge is 2.69. The minimum atomic E-state index is -0.785.